The van der Waals surface area contributed by atoms with Gasteiger partial charge < -0.3 is 33.2 Å². The van der Waals surface area contributed by atoms with Gasteiger partial charge in [-0.05, 0) is 91.2 Å². The lowest BCUT2D eigenvalue weighted by Crippen LogP contribution is -2.22. The zero-order valence-electron chi connectivity index (χ0n) is 30.4. The Balaban J connectivity index is 3.79. The van der Waals surface area contributed by atoms with Gasteiger partial charge in [0.1, 0.15) is 0 Å². The molecule has 7 heteroatoms. The fraction of sp³-hybridized carbons (Fsp3) is 0.895. The molecule has 2 unspecified atom stereocenters. The highest BCUT2D eigenvalue weighted by Crippen LogP contribution is 2.15. The summed E-state index contributed by atoms with van der Waals surface area (Å²) in [5, 5.41) is 0. The first-order valence-corrected chi connectivity index (χ1v) is 18.7. The molecule has 0 rings (SSSR count). The smallest absolute Gasteiger partial charge is 0.179 e. The average molecular weight is 643 g/mol. The Hall–Kier alpha value is -0.800. The first-order chi connectivity index (χ1) is 22.1. The second kappa shape index (κ2) is 36.0. The van der Waals surface area contributed by atoms with E-state index in [0.717, 1.165) is 52.1 Å². The van der Waals surface area contributed by atoms with E-state index in [1.165, 1.54) is 103 Å². The number of ether oxygens (including phenoxy) is 7. The van der Waals surface area contributed by atoms with Gasteiger partial charge in [0.15, 0.2) is 25.2 Å². The van der Waals surface area contributed by atoms with E-state index in [2.05, 4.69) is 12.2 Å². The zero-order chi connectivity index (χ0) is 33.1. The van der Waals surface area contributed by atoms with Gasteiger partial charge >= 0.3 is 0 Å². The monoisotopic (exact) mass is 643 g/mol. The Kier molecular flexibility index (Phi) is 35.4. The molecular weight excluding hydrogens is 568 g/mol. The molecule has 0 heterocycles. The number of hydrogen-bond donors (Lipinski definition) is 0. The van der Waals surface area contributed by atoms with Crippen molar-refractivity contribution in [2.45, 2.75) is 181 Å². The van der Waals surface area contributed by atoms with Gasteiger partial charge in [-0.1, -0.05) is 89.2 Å². The van der Waals surface area contributed by atoms with Crippen LogP contribution in [0.2, 0.25) is 0 Å². The molecule has 0 aromatic rings. The van der Waals surface area contributed by atoms with E-state index in [0.29, 0.717) is 0 Å². The van der Waals surface area contributed by atoms with Gasteiger partial charge in [-0.15, -0.1) is 0 Å². The maximum atomic E-state index is 5.97. The maximum absolute atomic E-state index is 5.97. The van der Waals surface area contributed by atoms with Gasteiger partial charge in [-0.2, -0.15) is 0 Å². The lowest BCUT2D eigenvalue weighted by atomic mass is 10.1. The molecule has 7 nitrogen and oxygen atoms in total. The van der Waals surface area contributed by atoms with Crippen LogP contribution in [0, 0.1) is 0 Å². The Morgan fingerprint density at radius 1 is 0.400 bits per heavy atom. The first kappa shape index (κ1) is 44.2. The predicted molar refractivity (Wildman–Crippen MR) is 187 cm³/mol. The molecule has 0 saturated carbocycles. The van der Waals surface area contributed by atoms with Crippen LogP contribution in [0.25, 0.3) is 0 Å². The SMILES string of the molecule is CCOC(CCCCCCCCCCC=CC(OC)OC(C=CCCCCCCCCCCC(OCC)OCC)OC)OCC. The lowest BCUT2D eigenvalue weighted by Gasteiger charge is -2.18. The van der Waals surface area contributed by atoms with E-state index in [1.807, 2.05) is 39.8 Å². The van der Waals surface area contributed by atoms with E-state index >= 15 is 0 Å². The molecule has 0 N–H and O–H groups in total. The standard InChI is InChI=1S/C38H74O7/c1-7-41-37(42-8-2)33-29-25-21-17-13-11-15-19-23-27-31-35(39-5)45-36(40-6)32-28-24-20-16-12-14-18-22-26-30-34-38(43-9-3)44-10-4/h27-28,31-32,35-38H,7-26,29-30,33-34H2,1-6H3. The van der Waals surface area contributed by atoms with Crippen molar-refractivity contribution in [1.82, 2.24) is 0 Å². The Morgan fingerprint density at radius 2 is 0.689 bits per heavy atom. The molecule has 2 atom stereocenters. The van der Waals surface area contributed by atoms with Crippen molar-refractivity contribution in [3.63, 3.8) is 0 Å². The van der Waals surface area contributed by atoms with Crippen molar-refractivity contribution in [1.29, 1.82) is 0 Å². The first-order valence-electron chi connectivity index (χ1n) is 18.7. The molecule has 45 heavy (non-hydrogen) atoms. The van der Waals surface area contributed by atoms with Crippen molar-refractivity contribution < 1.29 is 33.2 Å². The summed E-state index contributed by atoms with van der Waals surface area (Å²) < 4.78 is 39.5. The largest absolute Gasteiger partial charge is 0.353 e. The van der Waals surface area contributed by atoms with Crippen LogP contribution >= 0.6 is 0 Å². The maximum Gasteiger partial charge on any atom is 0.179 e. The molecule has 0 aliphatic heterocycles. The van der Waals surface area contributed by atoms with Crippen LogP contribution in [0.5, 0.6) is 0 Å². The molecule has 268 valence electrons. The fourth-order valence-electron chi connectivity index (χ4n) is 5.35. The third kappa shape index (κ3) is 30.3. The predicted octanol–water partition coefficient (Wildman–Crippen LogP) is 10.7. The molecule has 0 aliphatic carbocycles. The van der Waals surface area contributed by atoms with Crippen molar-refractivity contribution in [2.75, 3.05) is 40.6 Å². The number of methoxy groups -OCH3 is 2. The van der Waals surface area contributed by atoms with Crippen LogP contribution in [-0.4, -0.2) is 65.8 Å². The third-order valence-corrected chi connectivity index (χ3v) is 7.85. The van der Waals surface area contributed by atoms with Crippen molar-refractivity contribution >= 4 is 0 Å². The number of allylic oxidation sites excluding steroid dienone is 2. The molecule has 0 aromatic carbocycles. The van der Waals surface area contributed by atoms with E-state index in [1.54, 1.807) is 14.2 Å². The van der Waals surface area contributed by atoms with Crippen LogP contribution in [0.15, 0.2) is 24.3 Å². The van der Waals surface area contributed by atoms with Crippen LogP contribution in [0.3, 0.4) is 0 Å². The summed E-state index contributed by atoms with van der Waals surface area (Å²) in [6, 6.07) is 0. The molecule has 0 radical (unpaired) electrons. The quantitative estimate of drug-likeness (QED) is 0.0383. The van der Waals surface area contributed by atoms with Gasteiger partial charge in [0.05, 0.1) is 0 Å². The van der Waals surface area contributed by atoms with E-state index < -0.39 is 12.6 Å². The van der Waals surface area contributed by atoms with Gasteiger partial charge in [0.2, 0.25) is 0 Å². The molecule has 0 spiro atoms. The second-order valence-electron chi connectivity index (χ2n) is 11.7. The fourth-order valence-corrected chi connectivity index (χ4v) is 5.35. The molecule has 0 saturated heterocycles. The summed E-state index contributed by atoms with van der Waals surface area (Å²) in [6.45, 7) is 11.0. The molecule has 0 fully saturated rings. The van der Waals surface area contributed by atoms with E-state index in [4.69, 9.17) is 33.2 Å². The van der Waals surface area contributed by atoms with E-state index in [-0.39, 0.29) is 12.6 Å². The normalized spacial score (nSPS) is 13.7. The van der Waals surface area contributed by atoms with Crippen molar-refractivity contribution in [3.05, 3.63) is 24.3 Å². The van der Waals surface area contributed by atoms with Gasteiger partial charge in [0, 0.05) is 40.6 Å². The molecule has 0 amide bonds. The number of hydrogen-bond acceptors (Lipinski definition) is 7. The highest BCUT2D eigenvalue weighted by Gasteiger charge is 2.11. The van der Waals surface area contributed by atoms with Gasteiger partial charge in [-0.3, -0.25) is 0 Å². The van der Waals surface area contributed by atoms with Crippen LogP contribution in [0.1, 0.15) is 156 Å². The Bertz CT molecular complexity index is 563. The minimum absolute atomic E-state index is 0.0174. The van der Waals surface area contributed by atoms with Crippen molar-refractivity contribution in [3.8, 4) is 0 Å². The Morgan fingerprint density at radius 3 is 0.978 bits per heavy atom. The average Bonchev–Trinajstić information content (AvgIpc) is 3.04. The minimum atomic E-state index is -0.395. The van der Waals surface area contributed by atoms with E-state index in [9.17, 15) is 0 Å². The summed E-state index contributed by atoms with van der Waals surface area (Å²) in [7, 11) is 3.36. The highest BCUT2D eigenvalue weighted by atomic mass is 16.8. The zero-order valence-corrected chi connectivity index (χ0v) is 30.4. The summed E-state index contributed by atoms with van der Waals surface area (Å²) in [5.41, 5.74) is 0. The molecular formula is C38H74O7. The minimum Gasteiger partial charge on any atom is -0.353 e. The topological polar surface area (TPSA) is 64.6 Å². The lowest BCUT2D eigenvalue weighted by molar-refractivity contribution is -0.188. The third-order valence-electron chi connectivity index (χ3n) is 7.85. The van der Waals surface area contributed by atoms with Gasteiger partial charge in [0.25, 0.3) is 0 Å². The molecule has 0 aliphatic rings. The Labute approximate surface area is 279 Å². The van der Waals surface area contributed by atoms with Crippen LogP contribution in [0.4, 0.5) is 0 Å². The molecule has 0 aromatic heterocycles. The summed E-state index contributed by atoms with van der Waals surface area (Å²) in [4.78, 5) is 0. The highest BCUT2D eigenvalue weighted by molar-refractivity contribution is 4.89. The van der Waals surface area contributed by atoms with Gasteiger partial charge in [-0.25, -0.2) is 0 Å². The summed E-state index contributed by atoms with van der Waals surface area (Å²) in [6.07, 6.45) is 32.0. The van der Waals surface area contributed by atoms with Crippen LogP contribution in [-0.2, 0) is 33.2 Å². The number of rotatable bonds is 36. The summed E-state index contributed by atoms with van der Waals surface area (Å²) >= 11 is 0. The van der Waals surface area contributed by atoms with Crippen molar-refractivity contribution in [2.24, 2.45) is 0 Å². The molecule has 0 bridgehead atoms. The van der Waals surface area contributed by atoms with Crippen LogP contribution < -0.4 is 0 Å². The second-order valence-corrected chi connectivity index (χ2v) is 11.7. The summed E-state index contributed by atoms with van der Waals surface area (Å²) in [5.74, 6) is 0. The number of unbranched alkanes of at least 4 members (excludes halogenated alkanes) is 16.